The molecule has 1 rings (SSSR count). The molecule has 0 aliphatic carbocycles. The van der Waals surface area contributed by atoms with Gasteiger partial charge in [-0.05, 0) is 18.6 Å². The van der Waals surface area contributed by atoms with Gasteiger partial charge in [-0.25, -0.2) is 0 Å². The minimum Gasteiger partial charge on any atom is -0.546 e. The summed E-state index contributed by atoms with van der Waals surface area (Å²) in [6.07, 6.45) is 6.04. The minimum absolute atomic E-state index is 0. The van der Waals surface area contributed by atoms with E-state index in [-0.39, 0.29) is 35.3 Å². The Bertz CT molecular complexity index is 446. The van der Waals surface area contributed by atoms with Crippen LogP contribution in [0.3, 0.4) is 0 Å². The second-order valence-electron chi connectivity index (χ2n) is 4.78. The Kier molecular flexibility index (Phi) is 11.3. The van der Waals surface area contributed by atoms with Crippen molar-refractivity contribution in [1.82, 2.24) is 0 Å². The Morgan fingerprint density at radius 3 is 2.52 bits per heavy atom. The second-order valence-corrected chi connectivity index (χ2v) is 4.78. The summed E-state index contributed by atoms with van der Waals surface area (Å²) in [5, 5.41) is 10.3. The smallest absolute Gasteiger partial charge is 0.546 e. The average Bonchev–Trinajstić information content (AvgIpc) is 2.45. The molecule has 0 aliphatic heterocycles. The maximum atomic E-state index is 12.0. The summed E-state index contributed by atoms with van der Waals surface area (Å²) in [5.41, 5.74) is 0.566. The topological polar surface area (TPSA) is 66.4 Å². The molecule has 0 bridgehead atoms. The number of carboxylic acids is 1. The van der Waals surface area contributed by atoms with Gasteiger partial charge in [0, 0.05) is 12.0 Å². The zero-order valence-electron chi connectivity index (χ0n) is 12.9. The van der Waals surface area contributed by atoms with Crippen LogP contribution in [-0.4, -0.2) is 18.4 Å². The Morgan fingerprint density at radius 1 is 1.14 bits per heavy atom. The van der Waals surface area contributed by atoms with Gasteiger partial charge in [0.15, 0.2) is 5.78 Å². The van der Waals surface area contributed by atoms with E-state index in [4.69, 9.17) is 4.74 Å². The van der Waals surface area contributed by atoms with Crippen molar-refractivity contribution in [2.75, 3.05) is 6.61 Å². The van der Waals surface area contributed by atoms with Crippen molar-refractivity contribution >= 4 is 11.8 Å². The van der Waals surface area contributed by atoms with Gasteiger partial charge in [0.25, 0.3) is 0 Å². The molecule has 0 unspecified atom stereocenters. The molecular formula is C16H21NaO4. The van der Waals surface area contributed by atoms with E-state index in [1.807, 2.05) is 0 Å². The van der Waals surface area contributed by atoms with E-state index >= 15 is 0 Å². The molecule has 0 saturated heterocycles. The van der Waals surface area contributed by atoms with Gasteiger partial charge in [-0.1, -0.05) is 44.7 Å². The van der Waals surface area contributed by atoms with Crippen LogP contribution in [0.5, 0.6) is 5.75 Å². The fourth-order valence-electron chi connectivity index (χ4n) is 1.94. The summed E-state index contributed by atoms with van der Waals surface area (Å²) in [4.78, 5) is 22.3. The predicted octanol–water partition coefficient (Wildman–Crippen LogP) is -0.637. The molecule has 0 fully saturated rings. The summed E-state index contributed by atoms with van der Waals surface area (Å²) in [5.74, 6) is -0.830. The zero-order valence-corrected chi connectivity index (χ0v) is 14.9. The van der Waals surface area contributed by atoms with Gasteiger partial charge in [-0.2, -0.15) is 0 Å². The molecule has 0 radical (unpaired) electrons. The van der Waals surface area contributed by atoms with Crippen LogP contribution in [0.2, 0.25) is 0 Å². The third-order valence-electron chi connectivity index (χ3n) is 3.02. The number of aliphatic carboxylic acids is 1. The molecule has 21 heavy (non-hydrogen) atoms. The van der Waals surface area contributed by atoms with Crippen molar-refractivity contribution in [3.63, 3.8) is 0 Å². The minimum atomic E-state index is -1.28. The molecule has 1 aromatic rings. The van der Waals surface area contributed by atoms with E-state index in [1.165, 1.54) is 19.3 Å². The number of carboxylic acid groups (broad SMARTS) is 1. The number of unbranched alkanes of at least 4 members (excludes halogenated alkanes) is 4. The van der Waals surface area contributed by atoms with Crippen LogP contribution < -0.4 is 39.4 Å². The van der Waals surface area contributed by atoms with Gasteiger partial charge in [0.1, 0.15) is 12.4 Å². The predicted molar refractivity (Wildman–Crippen MR) is 74.7 cm³/mol. The van der Waals surface area contributed by atoms with Crippen LogP contribution in [0, 0.1) is 0 Å². The van der Waals surface area contributed by atoms with E-state index in [0.29, 0.717) is 17.7 Å². The van der Waals surface area contributed by atoms with E-state index < -0.39 is 12.6 Å². The summed E-state index contributed by atoms with van der Waals surface area (Å²) in [7, 11) is 0. The second kappa shape index (κ2) is 11.8. The number of carbonyl (C=O) groups is 2. The van der Waals surface area contributed by atoms with Crippen molar-refractivity contribution < 1.29 is 49.0 Å². The Hall–Kier alpha value is -0.840. The van der Waals surface area contributed by atoms with E-state index in [1.54, 1.807) is 24.3 Å². The van der Waals surface area contributed by atoms with Gasteiger partial charge >= 0.3 is 29.6 Å². The van der Waals surface area contributed by atoms with Crippen molar-refractivity contribution in [1.29, 1.82) is 0 Å². The average molecular weight is 300 g/mol. The maximum Gasteiger partial charge on any atom is 1.00 e. The van der Waals surface area contributed by atoms with Crippen LogP contribution in [0.15, 0.2) is 24.3 Å². The van der Waals surface area contributed by atoms with Gasteiger partial charge in [0.05, 0.1) is 5.97 Å². The molecule has 0 spiro atoms. The molecule has 0 atom stereocenters. The Balaban J connectivity index is 0.00000400. The molecule has 0 aromatic heterocycles. The number of ketones is 1. The first-order chi connectivity index (χ1) is 9.63. The first kappa shape index (κ1) is 20.2. The zero-order chi connectivity index (χ0) is 14.8. The van der Waals surface area contributed by atoms with Crippen molar-refractivity contribution in [2.45, 2.75) is 45.4 Å². The van der Waals surface area contributed by atoms with Crippen molar-refractivity contribution in [3.8, 4) is 5.75 Å². The monoisotopic (exact) mass is 300 g/mol. The summed E-state index contributed by atoms with van der Waals surface area (Å²) >= 11 is 0. The van der Waals surface area contributed by atoms with Crippen LogP contribution in [0.25, 0.3) is 0 Å². The Morgan fingerprint density at radius 2 is 1.86 bits per heavy atom. The molecular weight excluding hydrogens is 279 g/mol. The summed E-state index contributed by atoms with van der Waals surface area (Å²) < 4.78 is 5.00. The standard InChI is InChI=1S/C16H22O4.Na/c1-2-3-4-5-6-10-15(17)13-8-7-9-14(11-13)20-12-16(18)19;/h7-9,11H,2-6,10,12H2,1H3,(H,18,19);/q;+1/p-1. The molecule has 1 aromatic carbocycles. The third-order valence-corrected chi connectivity index (χ3v) is 3.02. The van der Waals surface area contributed by atoms with Gasteiger partial charge in [-0.3, -0.25) is 4.79 Å². The first-order valence-electron chi connectivity index (χ1n) is 7.09. The maximum absolute atomic E-state index is 12.0. The number of benzene rings is 1. The normalized spacial score (nSPS) is 9.76. The number of carbonyl (C=O) groups excluding carboxylic acids is 2. The van der Waals surface area contributed by atoms with Gasteiger partial charge < -0.3 is 14.6 Å². The number of hydrogen-bond acceptors (Lipinski definition) is 4. The van der Waals surface area contributed by atoms with Crippen LogP contribution >= 0.6 is 0 Å². The third kappa shape index (κ3) is 8.91. The van der Waals surface area contributed by atoms with E-state index in [9.17, 15) is 14.7 Å². The molecule has 110 valence electrons. The fraction of sp³-hybridized carbons (Fsp3) is 0.500. The summed E-state index contributed by atoms with van der Waals surface area (Å²) in [6.45, 7) is 1.65. The quantitative estimate of drug-likeness (QED) is 0.328. The number of rotatable bonds is 10. The SMILES string of the molecule is CCCCCCCC(=O)c1cccc(OCC(=O)[O-])c1.[Na+]. The first-order valence-corrected chi connectivity index (χ1v) is 7.09. The number of Topliss-reactive ketones (excluding diaryl/α,β-unsaturated/α-hetero) is 1. The van der Waals surface area contributed by atoms with Crippen molar-refractivity contribution in [3.05, 3.63) is 29.8 Å². The molecule has 0 saturated carbocycles. The molecule has 0 aliphatic rings. The molecule has 0 N–H and O–H groups in total. The summed E-state index contributed by atoms with van der Waals surface area (Å²) in [6, 6.07) is 6.62. The van der Waals surface area contributed by atoms with Gasteiger partial charge in [0.2, 0.25) is 0 Å². The van der Waals surface area contributed by atoms with Crippen molar-refractivity contribution in [2.24, 2.45) is 0 Å². The molecule has 0 amide bonds. The number of hydrogen-bond donors (Lipinski definition) is 0. The van der Waals surface area contributed by atoms with Gasteiger partial charge in [-0.15, -0.1) is 0 Å². The molecule has 4 nitrogen and oxygen atoms in total. The Labute approximate surface area is 148 Å². The molecule has 0 heterocycles. The van der Waals surface area contributed by atoms with E-state index in [2.05, 4.69) is 6.92 Å². The molecule has 5 heteroatoms. The number of ether oxygens (including phenoxy) is 1. The largest absolute Gasteiger partial charge is 1.00 e. The van der Waals surface area contributed by atoms with Crippen LogP contribution in [0.1, 0.15) is 55.8 Å². The van der Waals surface area contributed by atoms with E-state index in [0.717, 1.165) is 12.8 Å². The van der Waals surface area contributed by atoms with Crippen LogP contribution in [-0.2, 0) is 4.79 Å². The fourth-order valence-corrected chi connectivity index (χ4v) is 1.94. The van der Waals surface area contributed by atoms with Crippen LogP contribution in [0.4, 0.5) is 0 Å².